The lowest BCUT2D eigenvalue weighted by Crippen LogP contribution is -2.54. The summed E-state index contributed by atoms with van der Waals surface area (Å²) < 4.78 is 5.82. The highest BCUT2D eigenvalue weighted by molar-refractivity contribution is 6.03. The van der Waals surface area contributed by atoms with Gasteiger partial charge in [0.2, 0.25) is 0 Å². The molecule has 0 aliphatic heterocycles. The van der Waals surface area contributed by atoms with Crippen molar-refractivity contribution in [2.45, 2.75) is 57.7 Å². The van der Waals surface area contributed by atoms with Crippen molar-refractivity contribution in [2.24, 2.45) is 0 Å². The number of allylic oxidation sites excluding steroid dienone is 1. The molecule has 1 unspecified atom stereocenters. The summed E-state index contributed by atoms with van der Waals surface area (Å²) in [5.41, 5.74) is 2.62. The minimum Gasteiger partial charge on any atom is -0.494 e. The van der Waals surface area contributed by atoms with E-state index in [1.807, 2.05) is 36.4 Å². The quantitative estimate of drug-likeness (QED) is 0.174. The molecule has 1 atom stereocenters. The molecule has 0 saturated heterocycles. The first-order chi connectivity index (χ1) is 16.7. The molecule has 34 heavy (non-hydrogen) atoms. The third-order valence-corrected chi connectivity index (χ3v) is 6.69. The highest BCUT2D eigenvalue weighted by atomic mass is 16.5. The molecule has 4 rings (SSSR count). The lowest BCUT2D eigenvalue weighted by molar-refractivity contribution is 0.0424. The summed E-state index contributed by atoms with van der Waals surface area (Å²) >= 11 is 0. The van der Waals surface area contributed by atoms with E-state index < -0.39 is 5.54 Å². The Bertz CT molecular complexity index is 1020. The number of ketones is 1. The van der Waals surface area contributed by atoms with E-state index in [9.17, 15) is 4.79 Å². The Kier molecular flexibility index (Phi) is 8.32. The summed E-state index contributed by atoms with van der Waals surface area (Å²) in [6.07, 6.45) is 8.97. The molecule has 0 saturated carbocycles. The van der Waals surface area contributed by atoms with Crippen molar-refractivity contribution in [2.75, 3.05) is 6.61 Å². The van der Waals surface area contributed by atoms with Crippen LogP contribution in [0.25, 0.3) is 0 Å². The lowest BCUT2D eigenvalue weighted by Gasteiger charge is -2.44. The monoisotopic (exact) mass is 453 g/mol. The first-order valence-electron chi connectivity index (χ1n) is 12.5. The van der Waals surface area contributed by atoms with Gasteiger partial charge in [-0.25, -0.2) is 0 Å². The van der Waals surface area contributed by atoms with Crippen LogP contribution >= 0.6 is 0 Å². The van der Waals surface area contributed by atoms with E-state index in [0.29, 0.717) is 6.61 Å². The number of hydrogen-bond acceptors (Lipinski definition) is 3. The second-order valence-corrected chi connectivity index (χ2v) is 9.13. The predicted molar refractivity (Wildman–Crippen MR) is 139 cm³/mol. The van der Waals surface area contributed by atoms with Gasteiger partial charge >= 0.3 is 0 Å². The number of unbranched alkanes of at least 4 members (excludes halogenated alkanes) is 1. The summed E-state index contributed by atoms with van der Waals surface area (Å²) in [5.74, 6) is 1.02. The smallest absolute Gasteiger partial charge is 0.183 e. The molecule has 1 aliphatic carbocycles. The maximum atomic E-state index is 14.2. The molecule has 0 radical (unpaired) electrons. The Hall–Kier alpha value is -3.17. The lowest BCUT2D eigenvalue weighted by atomic mass is 9.77. The topological polar surface area (TPSA) is 29.5 Å². The minimum atomic E-state index is -0.578. The number of Topliss-reactive ketones (excluding diaryl/α,β-unsaturated/α-hetero) is 1. The molecule has 3 aromatic rings. The second kappa shape index (κ2) is 11.8. The average Bonchev–Trinajstić information content (AvgIpc) is 2.90. The molecule has 0 fully saturated rings. The van der Waals surface area contributed by atoms with Gasteiger partial charge in [-0.2, -0.15) is 0 Å². The molecular formula is C31H35NO2. The van der Waals surface area contributed by atoms with E-state index in [1.54, 1.807) is 0 Å². The zero-order valence-corrected chi connectivity index (χ0v) is 20.2. The van der Waals surface area contributed by atoms with Crippen molar-refractivity contribution in [3.8, 4) is 5.75 Å². The van der Waals surface area contributed by atoms with Crippen LogP contribution in [0.15, 0.2) is 97.1 Å². The summed E-state index contributed by atoms with van der Waals surface area (Å²) in [7, 11) is 0. The third kappa shape index (κ3) is 5.84. The van der Waals surface area contributed by atoms with Crippen LogP contribution in [0.5, 0.6) is 5.75 Å². The maximum absolute atomic E-state index is 14.2. The third-order valence-electron chi connectivity index (χ3n) is 6.69. The van der Waals surface area contributed by atoms with Gasteiger partial charge in [0.05, 0.1) is 12.1 Å². The van der Waals surface area contributed by atoms with E-state index in [2.05, 4.69) is 72.5 Å². The fourth-order valence-electron chi connectivity index (χ4n) is 4.73. The molecule has 3 nitrogen and oxygen atoms in total. The second-order valence-electron chi connectivity index (χ2n) is 9.13. The first-order valence-corrected chi connectivity index (χ1v) is 12.5. The van der Waals surface area contributed by atoms with Crippen molar-refractivity contribution in [3.63, 3.8) is 0 Å². The van der Waals surface area contributed by atoms with Gasteiger partial charge in [0, 0.05) is 18.7 Å². The van der Waals surface area contributed by atoms with E-state index in [-0.39, 0.29) is 5.78 Å². The molecule has 3 heteroatoms. The van der Waals surface area contributed by atoms with E-state index in [1.165, 1.54) is 11.1 Å². The fraction of sp³-hybridized carbons (Fsp3) is 0.323. The van der Waals surface area contributed by atoms with Crippen LogP contribution < -0.4 is 4.74 Å². The summed E-state index contributed by atoms with van der Waals surface area (Å²) in [4.78, 5) is 16.6. The highest BCUT2D eigenvalue weighted by Crippen LogP contribution is 2.36. The number of rotatable bonds is 11. The van der Waals surface area contributed by atoms with Gasteiger partial charge in [-0.1, -0.05) is 86.2 Å². The van der Waals surface area contributed by atoms with Gasteiger partial charge in [-0.15, -0.1) is 0 Å². The SMILES string of the molecule is CCCCOc1ccc(C(=O)C2(N(Cc3ccccc3)Cc3ccccc3)CC=CCC2)cc1. The van der Waals surface area contributed by atoms with E-state index in [0.717, 1.165) is 56.5 Å². The van der Waals surface area contributed by atoms with Crippen molar-refractivity contribution in [3.05, 3.63) is 114 Å². The van der Waals surface area contributed by atoms with Crippen molar-refractivity contribution in [1.29, 1.82) is 0 Å². The molecule has 0 N–H and O–H groups in total. The Morgan fingerprint density at radius 2 is 1.47 bits per heavy atom. The number of nitrogens with zero attached hydrogens (tertiary/aromatic N) is 1. The summed E-state index contributed by atoms with van der Waals surface area (Å²) in [6.45, 7) is 4.32. The molecule has 0 aromatic heterocycles. The van der Waals surface area contributed by atoms with Crippen LogP contribution in [0, 0.1) is 0 Å². The average molecular weight is 454 g/mol. The van der Waals surface area contributed by atoms with Crippen LogP contribution in [0.3, 0.4) is 0 Å². The van der Waals surface area contributed by atoms with Crippen LogP contribution in [0.1, 0.15) is 60.5 Å². The Morgan fingerprint density at radius 1 is 0.853 bits per heavy atom. The molecule has 0 amide bonds. The Balaban J connectivity index is 1.65. The van der Waals surface area contributed by atoms with Gasteiger partial charge < -0.3 is 4.74 Å². The fourth-order valence-corrected chi connectivity index (χ4v) is 4.73. The number of carbonyl (C=O) groups is 1. The van der Waals surface area contributed by atoms with Crippen LogP contribution in [0.2, 0.25) is 0 Å². The number of hydrogen-bond donors (Lipinski definition) is 0. The number of carbonyl (C=O) groups excluding carboxylic acids is 1. The van der Waals surface area contributed by atoms with Crippen molar-refractivity contribution >= 4 is 5.78 Å². The molecule has 0 spiro atoms. The summed E-state index contributed by atoms with van der Waals surface area (Å²) in [5, 5.41) is 0. The Morgan fingerprint density at radius 3 is 2.00 bits per heavy atom. The van der Waals surface area contributed by atoms with Crippen LogP contribution in [-0.4, -0.2) is 22.8 Å². The van der Waals surface area contributed by atoms with Gasteiger partial charge in [0.25, 0.3) is 0 Å². The highest BCUT2D eigenvalue weighted by Gasteiger charge is 2.43. The zero-order valence-electron chi connectivity index (χ0n) is 20.2. The van der Waals surface area contributed by atoms with Crippen molar-refractivity contribution < 1.29 is 9.53 Å². The van der Waals surface area contributed by atoms with Gasteiger partial charge in [0.1, 0.15) is 5.75 Å². The zero-order chi connectivity index (χ0) is 23.6. The molecular weight excluding hydrogens is 418 g/mol. The van der Waals surface area contributed by atoms with Crippen molar-refractivity contribution in [1.82, 2.24) is 4.90 Å². The largest absolute Gasteiger partial charge is 0.494 e. The standard InChI is InChI=1S/C31H35NO2/c1-2-3-23-34-29-19-17-28(18-20-29)30(33)31(21-11-6-12-22-31)32(24-26-13-7-4-8-14-26)25-27-15-9-5-10-16-27/h4-11,13-20H,2-3,12,21-25H2,1H3. The van der Waals surface area contributed by atoms with E-state index >= 15 is 0 Å². The first kappa shape index (κ1) is 24.0. The van der Waals surface area contributed by atoms with Crippen LogP contribution in [-0.2, 0) is 13.1 Å². The van der Waals surface area contributed by atoms with Gasteiger partial charge in [-0.05, 0) is 61.1 Å². The number of benzene rings is 3. The van der Waals surface area contributed by atoms with Gasteiger partial charge in [-0.3, -0.25) is 9.69 Å². The molecule has 0 bridgehead atoms. The number of ether oxygens (including phenoxy) is 1. The van der Waals surface area contributed by atoms with Gasteiger partial charge in [0.15, 0.2) is 5.78 Å². The maximum Gasteiger partial charge on any atom is 0.183 e. The predicted octanol–water partition coefficient (Wildman–Crippen LogP) is 7.23. The molecule has 0 heterocycles. The Labute approximate surface area is 204 Å². The van der Waals surface area contributed by atoms with E-state index in [4.69, 9.17) is 4.74 Å². The molecule has 176 valence electrons. The molecule has 3 aromatic carbocycles. The normalized spacial score (nSPS) is 17.6. The summed E-state index contributed by atoms with van der Waals surface area (Å²) in [6, 6.07) is 28.7. The molecule has 1 aliphatic rings. The minimum absolute atomic E-state index is 0.198. The van der Waals surface area contributed by atoms with Crippen LogP contribution in [0.4, 0.5) is 0 Å².